The van der Waals surface area contributed by atoms with Gasteiger partial charge in [0.25, 0.3) is 5.91 Å². The lowest BCUT2D eigenvalue weighted by molar-refractivity contribution is 0.0503. The molecule has 0 saturated carbocycles. The van der Waals surface area contributed by atoms with E-state index in [2.05, 4.69) is 24.4 Å². The van der Waals surface area contributed by atoms with E-state index in [-0.39, 0.29) is 5.91 Å². The van der Waals surface area contributed by atoms with Crippen LogP contribution in [0.5, 0.6) is 0 Å². The molecule has 1 aliphatic rings. The number of nitrogens with one attached hydrogen (secondary N) is 1. The van der Waals surface area contributed by atoms with Gasteiger partial charge in [-0.1, -0.05) is 49.4 Å². The third-order valence-electron chi connectivity index (χ3n) is 4.28. The van der Waals surface area contributed by atoms with Gasteiger partial charge >= 0.3 is 0 Å². The lowest BCUT2D eigenvalue weighted by Gasteiger charge is -2.48. The summed E-state index contributed by atoms with van der Waals surface area (Å²) in [6.07, 6.45) is 0.810. The summed E-state index contributed by atoms with van der Waals surface area (Å²) in [4.78, 5) is 14.8. The minimum atomic E-state index is -0.471. The number of hydrogen-bond acceptors (Lipinski definition) is 2. The predicted octanol–water partition coefficient (Wildman–Crippen LogP) is 3.84. The van der Waals surface area contributed by atoms with Crippen LogP contribution in [-0.2, 0) is 5.66 Å². The van der Waals surface area contributed by atoms with Crippen molar-refractivity contribution in [3.63, 3.8) is 0 Å². The van der Waals surface area contributed by atoms with Gasteiger partial charge in [0.1, 0.15) is 5.66 Å². The van der Waals surface area contributed by atoms with Crippen molar-refractivity contribution in [1.82, 2.24) is 4.90 Å². The molecule has 0 fully saturated rings. The highest BCUT2D eigenvalue weighted by Crippen LogP contribution is 2.39. The van der Waals surface area contributed by atoms with Crippen molar-refractivity contribution in [2.75, 3.05) is 11.9 Å². The average molecular weight is 280 g/mol. The van der Waals surface area contributed by atoms with E-state index in [1.54, 1.807) is 0 Å². The van der Waals surface area contributed by atoms with Crippen LogP contribution in [0.2, 0.25) is 0 Å². The molecule has 0 aliphatic carbocycles. The summed E-state index contributed by atoms with van der Waals surface area (Å²) in [6.45, 7) is 4.81. The minimum Gasteiger partial charge on any atom is -0.358 e. The fourth-order valence-corrected chi connectivity index (χ4v) is 3.23. The molecule has 1 N–H and O–H groups in total. The van der Waals surface area contributed by atoms with Crippen molar-refractivity contribution >= 4 is 11.6 Å². The molecule has 3 nitrogen and oxygen atoms in total. The largest absolute Gasteiger partial charge is 0.358 e. The van der Waals surface area contributed by atoms with Gasteiger partial charge in [0.2, 0.25) is 0 Å². The van der Waals surface area contributed by atoms with E-state index in [0.717, 1.165) is 23.2 Å². The van der Waals surface area contributed by atoms with Crippen LogP contribution in [0, 0.1) is 0 Å². The summed E-state index contributed by atoms with van der Waals surface area (Å²) in [5.41, 5.74) is 2.32. The molecule has 1 amide bonds. The molecule has 2 aromatic rings. The second-order valence-corrected chi connectivity index (χ2v) is 5.30. The quantitative estimate of drug-likeness (QED) is 0.926. The first-order valence-corrected chi connectivity index (χ1v) is 7.47. The normalized spacial score (nSPS) is 20.9. The highest BCUT2D eigenvalue weighted by Gasteiger charge is 2.43. The third-order valence-corrected chi connectivity index (χ3v) is 4.28. The maximum Gasteiger partial charge on any atom is 0.258 e. The molecule has 1 unspecified atom stereocenters. The van der Waals surface area contributed by atoms with Crippen LogP contribution in [-0.4, -0.2) is 17.4 Å². The van der Waals surface area contributed by atoms with Crippen LogP contribution in [0.15, 0.2) is 54.6 Å². The number of nitrogens with zero attached hydrogens (tertiary/aromatic N) is 1. The molecule has 3 rings (SSSR count). The maximum atomic E-state index is 12.9. The Labute approximate surface area is 125 Å². The Kier molecular flexibility index (Phi) is 3.42. The van der Waals surface area contributed by atoms with Crippen molar-refractivity contribution in [1.29, 1.82) is 0 Å². The van der Waals surface area contributed by atoms with Gasteiger partial charge in [-0.2, -0.15) is 0 Å². The number of benzene rings is 2. The van der Waals surface area contributed by atoms with E-state index < -0.39 is 5.66 Å². The maximum absolute atomic E-state index is 12.9. The first kappa shape index (κ1) is 13.7. The van der Waals surface area contributed by atoms with Crippen molar-refractivity contribution < 1.29 is 4.79 Å². The van der Waals surface area contributed by atoms with Gasteiger partial charge in [-0.15, -0.1) is 0 Å². The number of fused-ring (bicyclic) bond motifs is 1. The predicted molar refractivity (Wildman–Crippen MR) is 85.2 cm³/mol. The van der Waals surface area contributed by atoms with E-state index in [4.69, 9.17) is 0 Å². The first-order chi connectivity index (χ1) is 10.2. The highest BCUT2D eigenvalue weighted by atomic mass is 16.2. The van der Waals surface area contributed by atoms with Crippen LogP contribution in [0.1, 0.15) is 36.2 Å². The van der Waals surface area contributed by atoms with Gasteiger partial charge in [0, 0.05) is 12.2 Å². The van der Waals surface area contributed by atoms with Crippen LogP contribution < -0.4 is 5.32 Å². The summed E-state index contributed by atoms with van der Waals surface area (Å²) in [5.74, 6) is 0.0950. The number of anilines is 1. The van der Waals surface area contributed by atoms with Gasteiger partial charge in [-0.3, -0.25) is 4.79 Å². The van der Waals surface area contributed by atoms with Gasteiger partial charge < -0.3 is 10.2 Å². The standard InChI is InChI=1S/C18H20N2O/c1-3-18(14-10-6-5-7-11-14)19-16-13-9-8-12-15(16)17(21)20(18)4-2/h5-13,19H,3-4H2,1-2H3. The van der Waals surface area contributed by atoms with Crippen molar-refractivity contribution in [3.05, 3.63) is 65.7 Å². The Hall–Kier alpha value is -2.29. The monoisotopic (exact) mass is 280 g/mol. The molecule has 0 bridgehead atoms. The first-order valence-electron chi connectivity index (χ1n) is 7.47. The van der Waals surface area contributed by atoms with Crippen LogP contribution in [0.3, 0.4) is 0 Å². The molecule has 1 aliphatic heterocycles. The Balaban J connectivity index is 2.19. The molecule has 0 radical (unpaired) electrons. The summed E-state index contributed by atoms with van der Waals surface area (Å²) in [7, 11) is 0. The number of amides is 1. The average Bonchev–Trinajstić information content (AvgIpc) is 2.55. The Morgan fingerprint density at radius 3 is 2.33 bits per heavy atom. The lowest BCUT2D eigenvalue weighted by Crippen LogP contribution is -2.57. The van der Waals surface area contributed by atoms with Gasteiger partial charge in [0.05, 0.1) is 5.56 Å². The Bertz CT molecular complexity index is 653. The second-order valence-electron chi connectivity index (χ2n) is 5.30. The number of rotatable bonds is 3. The summed E-state index contributed by atoms with van der Waals surface area (Å²) >= 11 is 0. The van der Waals surface area contributed by atoms with Crippen molar-refractivity contribution in [3.8, 4) is 0 Å². The summed E-state index contributed by atoms with van der Waals surface area (Å²) in [6, 6.07) is 18.0. The summed E-state index contributed by atoms with van der Waals surface area (Å²) < 4.78 is 0. The molecule has 1 atom stereocenters. The van der Waals surface area contributed by atoms with Crippen molar-refractivity contribution in [2.45, 2.75) is 25.9 Å². The van der Waals surface area contributed by atoms with Crippen LogP contribution >= 0.6 is 0 Å². The Morgan fingerprint density at radius 2 is 1.67 bits per heavy atom. The number of carbonyl (C=O) groups excluding carboxylic acids is 1. The number of carbonyl (C=O) groups is 1. The van der Waals surface area contributed by atoms with Crippen LogP contribution in [0.25, 0.3) is 0 Å². The third kappa shape index (κ3) is 2.00. The Morgan fingerprint density at radius 1 is 1.00 bits per heavy atom. The zero-order valence-electron chi connectivity index (χ0n) is 12.5. The van der Waals surface area contributed by atoms with E-state index >= 15 is 0 Å². The molecule has 0 spiro atoms. The molecular formula is C18H20N2O. The molecule has 21 heavy (non-hydrogen) atoms. The molecule has 0 aromatic heterocycles. The van der Waals surface area contributed by atoms with Crippen molar-refractivity contribution in [2.24, 2.45) is 0 Å². The van der Waals surface area contributed by atoms with Gasteiger partial charge in [-0.05, 0) is 31.0 Å². The van der Waals surface area contributed by atoms with Gasteiger partial charge in [-0.25, -0.2) is 0 Å². The summed E-state index contributed by atoms with van der Waals surface area (Å²) in [5, 5.41) is 3.61. The molecule has 0 saturated heterocycles. The van der Waals surface area contributed by atoms with E-state index in [1.807, 2.05) is 54.3 Å². The smallest absolute Gasteiger partial charge is 0.258 e. The number of hydrogen-bond donors (Lipinski definition) is 1. The molecule has 1 heterocycles. The zero-order valence-corrected chi connectivity index (χ0v) is 12.5. The second kappa shape index (κ2) is 5.24. The topological polar surface area (TPSA) is 32.3 Å². The molecule has 108 valence electrons. The van der Waals surface area contributed by atoms with Gasteiger partial charge in [0.15, 0.2) is 0 Å². The lowest BCUT2D eigenvalue weighted by atomic mass is 9.90. The molecule has 3 heteroatoms. The van der Waals surface area contributed by atoms with E-state index in [0.29, 0.717) is 6.54 Å². The highest BCUT2D eigenvalue weighted by molar-refractivity contribution is 6.02. The number of para-hydroxylation sites is 1. The van der Waals surface area contributed by atoms with E-state index in [1.165, 1.54) is 0 Å². The molecular weight excluding hydrogens is 260 g/mol. The fraction of sp³-hybridized carbons (Fsp3) is 0.278. The van der Waals surface area contributed by atoms with E-state index in [9.17, 15) is 4.79 Å². The SMILES string of the molecule is CCN1C(=O)c2ccccc2NC1(CC)c1ccccc1. The zero-order chi connectivity index (χ0) is 14.9. The fourth-order valence-electron chi connectivity index (χ4n) is 3.23. The van der Waals surface area contributed by atoms with Crippen LogP contribution in [0.4, 0.5) is 5.69 Å². The minimum absolute atomic E-state index is 0.0950. The molecule has 2 aromatic carbocycles.